The lowest BCUT2D eigenvalue weighted by Gasteiger charge is -2.31. The SMILES string of the molecule is Cc1nc(S(=O)(=O)N2CCC(n3c(=O)[nH]c4ccccc43)CC2)cn1C. The van der Waals surface area contributed by atoms with Gasteiger partial charge in [-0.1, -0.05) is 12.1 Å². The van der Waals surface area contributed by atoms with Gasteiger partial charge in [-0.2, -0.15) is 4.31 Å². The zero-order chi connectivity index (χ0) is 18.5. The van der Waals surface area contributed by atoms with E-state index in [1.165, 1.54) is 4.31 Å². The van der Waals surface area contributed by atoms with E-state index in [0.29, 0.717) is 31.8 Å². The molecule has 0 atom stereocenters. The Morgan fingerprint density at radius 1 is 1.19 bits per heavy atom. The van der Waals surface area contributed by atoms with Gasteiger partial charge in [0.1, 0.15) is 5.82 Å². The van der Waals surface area contributed by atoms with Gasteiger partial charge < -0.3 is 9.55 Å². The highest BCUT2D eigenvalue weighted by molar-refractivity contribution is 7.89. The van der Waals surface area contributed by atoms with Crippen molar-refractivity contribution in [3.63, 3.8) is 0 Å². The fourth-order valence-corrected chi connectivity index (χ4v) is 5.06. The largest absolute Gasteiger partial charge is 0.337 e. The van der Waals surface area contributed by atoms with E-state index in [-0.39, 0.29) is 16.8 Å². The number of imidazole rings is 2. The average molecular weight is 375 g/mol. The minimum atomic E-state index is -3.60. The van der Waals surface area contributed by atoms with Crippen molar-refractivity contribution in [2.75, 3.05) is 13.1 Å². The third-order valence-electron chi connectivity index (χ3n) is 5.10. The van der Waals surface area contributed by atoms with Crippen molar-refractivity contribution in [3.8, 4) is 0 Å². The lowest BCUT2D eigenvalue weighted by Crippen LogP contribution is -2.40. The Bertz CT molecular complexity index is 1100. The number of para-hydroxylation sites is 2. The number of benzene rings is 1. The minimum absolute atomic E-state index is 0.0180. The van der Waals surface area contributed by atoms with E-state index < -0.39 is 10.0 Å². The van der Waals surface area contributed by atoms with Crippen molar-refractivity contribution in [3.05, 3.63) is 46.8 Å². The Balaban J connectivity index is 1.57. The number of hydrogen-bond donors (Lipinski definition) is 1. The number of rotatable bonds is 3. The van der Waals surface area contributed by atoms with Crippen molar-refractivity contribution < 1.29 is 8.42 Å². The maximum absolute atomic E-state index is 12.8. The maximum Gasteiger partial charge on any atom is 0.326 e. The van der Waals surface area contributed by atoms with Crippen LogP contribution < -0.4 is 5.69 Å². The molecule has 0 aliphatic carbocycles. The maximum atomic E-state index is 12.8. The van der Waals surface area contributed by atoms with Crippen LogP contribution in [0.2, 0.25) is 0 Å². The molecule has 3 aromatic rings. The molecule has 1 N–H and O–H groups in total. The molecule has 1 aromatic carbocycles. The van der Waals surface area contributed by atoms with Crippen LogP contribution >= 0.6 is 0 Å². The first-order valence-electron chi connectivity index (χ1n) is 8.57. The summed E-state index contributed by atoms with van der Waals surface area (Å²) in [4.78, 5) is 19.4. The molecule has 0 spiro atoms. The quantitative estimate of drug-likeness (QED) is 0.749. The molecule has 3 heterocycles. The molecule has 1 saturated heterocycles. The lowest BCUT2D eigenvalue weighted by atomic mass is 10.1. The summed E-state index contributed by atoms with van der Waals surface area (Å²) in [6.45, 7) is 2.51. The van der Waals surface area contributed by atoms with Crippen LogP contribution in [0.15, 0.2) is 40.3 Å². The van der Waals surface area contributed by atoms with Gasteiger partial charge in [-0.05, 0) is 31.9 Å². The number of nitrogens with one attached hydrogen (secondary N) is 1. The predicted molar refractivity (Wildman–Crippen MR) is 97.5 cm³/mol. The first-order valence-corrected chi connectivity index (χ1v) is 10.0. The number of H-pyrrole nitrogens is 1. The van der Waals surface area contributed by atoms with Crippen LogP contribution in [0.25, 0.3) is 11.0 Å². The van der Waals surface area contributed by atoms with E-state index in [0.717, 1.165) is 11.0 Å². The smallest absolute Gasteiger partial charge is 0.326 e. The molecule has 0 bridgehead atoms. The Morgan fingerprint density at radius 3 is 2.54 bits per heavy atom. The second-order valence-corrected chi connectivity index (χ2v) is 8.57. The van der Waals surface area contributed by atoms with Gasteiger partial charge >= 0.3 is 5.69 Å². The number of fused-ring (bicyclic) bond motifs is 1. The molecule has 4 rings (SSSR count). The van der Waals surface area contributed by atoms with Gasteiger partial charge in [-0.3, -0.25) is 4.57 Å². The van der Waals surface area contributed by atoms with Crippen LogP contribution in [0.5, 0.6) is 0 Å². The standard InChI is InChI=1S/C17H21N5O3S/c1-12-18-16(11-20(12)2)26(24,25)21-9-7-13(8-10-21)22-15-6-4-3-5-14(15)19-17(22)23/h3-6,11,13H,7-10H2,1-2H3,(H,19,23). The van der Waals surface area contributed by atoms with Crippen molar-refractivity contribution >= 4 is 21.1 Å². The summed E-state index contributed by atoms with van der Waals surface area (Å²) in [6.07, 6.45) is 2.72. The number of piperidine rings is 1. The number of aromatic nitrogens is 4. The van der Waals surface area contributed by atoms with Crippen LogP contribution in [0.1, 0.15) is 24.7 Å². The lowest BCUT2D eigenvalue weighted by molar-refractivity contribution is 0.274. The summed E-state index contributed by atoms with van der Waals surface area (Å²) in [5, 5.41) is 0.0835. The predicted octanol–water partition coefficient (Wildman–Crippen LogP) is 1.40. The number of sulfonamides is 1. The van der Waals surface area contributed by atoms with Gasteiger partial charge in [0.2, 0.25) is 0 Å². The molecule has 26 heavy (non-hydrogen) atoms. The highest BCUT2D eigenvalue weighted by Crippen LogP contribution is 2.27. The van der Waals surface area contributed by atoms with Gasteiger partial charge in [0.15, 0.2) is 5.03 Å². The van der Waals surface area contributed by atoms with Crippen LogP contribution in [-0.4, -0.2) is 44.9 Å². The molecular formula is C17H21N5O3S. The summed E-state index contributed by atoms with van der Waals surface area (Å²) >= 11 is 0. The first kappa shape index (κ1) is 17.0. The summed E-state index contributed by atoms with van der Waals surface area (Å²) in [6, 6.07) is 7.54. The van der Waals surface area contributed by atoms with Crippen molar-refractivity contribution in [2.24, 2.45) is 7.05 Å². The Hall–Kier alpha value is -2.39. The number of aryl methyl sites for hydroxylation is 2. The van der Waals surface area contributed by atoms with Crippen molar-refractivity contribution in [2.45, 2.75) is 30.8 Å². The monoisotopic (exact) mass is 375 g/mol. The van der Waals surface area contributed by atoms with Crippen LogP contribution in [-0.2, 0) is 17.1 Å². The Kier molecular flexibility index (Phi) is 4.00. The Morgan fingerprint density at radius 2 is 1.88 bits per heavy atom. The first-order chi connectivity index (χ1) is 12.4. The second-order valence-electron chi connectivity index (χ2n) is 6.69. The van der Waals surface area contributed by atoms with Gasteiger partial charge in [-0.25, -0.2) is 18.2 Å². The van der Waals surface area contributed by atoms with Gasteiger partial charge in [0.25, 0.3) is 10.0 Å². The molecule has 2 aromatic heterocycles. The number of aromatic amines is 1. The average Bonchev–Trinajstić information content (AvgIpc) is 3.14. The normalized spacial score (nSPS) is 17.2. The van der Waals surface area contributed by atoms with Crippen molar-refractivity contribution in [1.29, 1.82) is 0 Å². The fraction of sp³-hybridized carbons (Fsp3) is 0.412. The van der Waals surface area contributed by atoms with E-state index in [1.807, 2.05) is 24.3 Å². The third kappa shape index (κ3) is 2.67. The summed E-state index contributed by atoms with van der Waals surface area (Å²) < 4.78 is 30.5. The number of nitrogens with zero attached hydrogens (tertiary/aromatic N) is 4. The molecular weight excluding hydrogens is 354 g/mol. The minimum Gasteiger partial charge on any atom is -0.337 e. The van der Waals surface area contributed by atoms with E-state index in [1.54, 1.807) is 29.3 Å². The molecule has 1 aliphatic rings. The molecule has 0 radical (unpaired) electrons. The fourth-order valence-electron chi connectivity index (χ4n) is 3.56. The number of hydrogen-bond acceptors (Lipinski definition) is 4. The van der Waals surface area contributed by atoms with Crippen molar-refractivity contribution in [1.82, 2.24) is 23.4 Å². The molecule has 1 fully saturated rings. The van der Waals surface area contributed by atoms with Crippen LogP contribution in [0, 0.1) is 6.92 Å². The molecule has 0 amide bonds. The molecule has 8 nitrogen and oxygen atoms in total. The molecule has 1 aliphatic heterocycles. The van der Waals surface area contributed by atoms with Gasteiger partial charge in [-0.15, -0.1) is 0 Å². The van der Waals surface area contributed by atoms with E-state index >= 15 is 0 Å². The van der Waals surface area contributed by atoms with Gasteiger partial charge in [0, 0.05) is 32.4 Å². The van der Waals surface area contributed by atoms with E-state index in [9.17, 15) is 13.2 Å². The highest BCUT2D eigenvalue weighted by Gasteiger charge is 2.32. The summed E-state index contributed by atoms with van der Waals surface area (Å²) in [5.74, 6) is 0.656. The van der Waals surface area contributed by atoms with Crippen LogP contribution in [0.4, 0.5) is 0 Å². The van der Waals surface area contributed by atoms with E-state index in [2.05, 4.69) is 9.97 Å². The summed E-state index contributed by atoms with van der Waals surface area (Å²) in [7, 11) is -1.83. The van der Waals surface area contributed by atoms with Crippen LogP contribution in [0.3, 0.4) is 0 Å². The zero-order valence-electron chi connectivity index (χ0n) is 14.7. The summed E-state index contributed by atoms with van der Waals surface area (Å²) in [5.41, 5.74) is 1.52. The second kappa shape index (κ2) is 6.10. The van der Waals surface area contributed by atoms with E-state index in [4.69, 9.17) is 0 Å². The third-order valence-corrected chi connectivity index (χ3v) is 6.87. The molecule has 0 saturated carbocycles. The van der Waals surface area contributed by atoms with Gasteiger partial charge in [0.05, 0.1) is 11.0 Å². The molecule has 9 heteroatoms. The topological polar surface area (TPSA) is 93.0 Å². The molecule has 138 valence electrons. The molecule has 0 unspecified atom stereocenters. The zero-order valence-corrected chi connectivity index (χ0v) is 15.5. The Labute approximate surface area is 151 Å². The highest BCUT2D eigenvalue weighted by atomic mass is 32.2.